The van der Waals surface area contributed by atoms with Gasteiger partial charge in [0.2, 0.25) is 0 Å². The van der Waals surface area contributed by atoms with Gasteiger partial charge in [-0.2, -0.15) is 0 Å². The SMILES string of the molecule is Cc1ccc(CC(NN)c2cccc(F)c2)cc1. The Bertz CT molecular complexity index is 508. The molecule has 2 aromatic rings. The molecule has 1 unspecified atom stereocenters. The average Bonchev–Trinajstić information content (AvgIpc) is 2.38. The fraction of sp³-hybridized carbons (Fsp3) is 0.200. The molecule has 0 saturated heterocycles. The number of nitrogens with two attached hydrogens (primary N) is 1. The van der Waals surface area contributed by atoms with Gasteiger partial charge in [-0.25, -0.2) is 4.39 Å². The molecular weight excluding hydrogens is 227 g/mol. The Morgan fingerprint density at radius 1 is 1.17 bits per heavy atom. The summed E-state index contributed by atoms with van der Waals surface area (Å²) in [6, 6.07) is 14.7. The summed E-state index contributed by atoms with van der Waals surface area (Å²) >= 11 is 0. The summed E-state index contributed by atoms with van der Waals surface area (Å²) < 4.78 is 13.2. The lowest BCUT2D eigenvalue weighted by Crippen LogP contribution is -2.29. The molecule has 0 spiro atoms. The average molecular weight is 244 g/mol. The minimum atomic E-state index is -0.239. The van der Waals surface area contributed by atoms with Gasteiger partial charge in [-0.15, -0.1) is 0 Å². The number of aryl methyl sites for hydroxylation is 1. The van der Waals surface area contributed by atoms with Crippen LogP contribution in [0.25, 0.3) is 0 Å². The van der Waals surface area contributed by atoms with Crippen LogP contribution >= 0.6 is 0 Å². The van der Waals surface area contributed by atoms with E-state index in [4.69, 9.17) is 5.84 Å². The molecule has 0 aliphatic heterocycles. The maximum absolute atomic E-state index is 13.2. The highest BCUT2D eigenvalue weighted by atomic mass is 19.1. The predicted molar refractivity (Wildman–Crippen MR) is 71.3 cm³/mol. The van der Waals surface area contributed by atoms with E-state index in [2.05, 4.69) is 36.6 Å². The largest absolute Gasteiger partial charge is 0.271 e. The minimum absolute atomic E-state index is 0.0802. The number of hydrogen-bond acceptors (Lipinski definition) is 2. The van der Waals surface area contributed by atoms with Gasteiger partial charge in [0, 0.05) is 0 Å². The summed E-state index contributed by atoms with van der Waals surface area (Å²) in [4.78, 5) is 0. The zero-order valence-corrected chi connectivity index (χ0v) is 10.4. The van der Waals surface area contributed by atoms with Gasteiger partial charge in [0.05, 0.1) is 6.04 Å². The molecule has 0 aromatic heterocycles. The molecule has 0 bridgehead atoms. The zero-order chi connectivity index (χ0) is 13.0. The van der Waals surface area contributed by atoms with E-state index in [-0.39, 0.29) is 11.9 Å². The maximum Gasteiger partial charge on any atom is 0.123 e. The molecule has 3 heteroatoms. The number of rotatable bonds is 4. The summed E-state index contributed by atoms with van der Waals surface area (Å²) in [5.41, 5.74) is 6.00. The third-order valence-electron chi connectivity index (χ3n) is 3.01. The van der Waals surface area contributed by atoms with Crippen LogP contribution in [0.3, 0.4) is 0 Å². The lowest BCUT2D eigenvalue weighted by Gasteiger charge is -2.16. The van der Waals surface area contributed by atoms with Gasteiger partial charge in [0.25, 0.3) is 0 Å². The molecule has 0 aliphatic rings. The highest BCUT2D eigenvalue weighted by molar-refractivity contribution is 5.26. The van der Waals surface area contributed by atoms with Gasteiger partial charge < -0.3 is 0 Å². The lowest BCUT2D eigenvalue weighted by atomic mass is 9.99. The fourth-order valence-electron chi connectivity index (χ4n) is 1.96. The van der Waals surface area contributed by atoms with Gasteiger partial charge >= 0.3 is 0 Å². The van der Waals surface area contributed by atoms with Gasteiger partial charge in [-0.3, -0.25) is 11.3 Å². The topological polar surface area (TPSA) is 38.0 Å². The summed E-state index contributed by atoms with van der Waals surface area (Å²) in [6.07, 6.45) is 0.736. The second-order valence-corrected chi connectivity index (χ2v) is 4.46. The summed E-state index contributed by atoms with van der Waals surface area (Å²) in [5.74, 6) is 5.32. The molecule has 0 fully saturated rings. The molecule has 0 amide bonds. The molecule has 0 heterocycles. The first-order valence-electron chi connectivity index (χ1n) is 5.96. The van der Waals surface area contributed by atoms with Crippen LogP contribution in [0.15, 0.2) is 48.5 Å². The molecule has 2 aromatic carbocycles. The minimum Gasteiger partial charge on any atom is -0.271 e. The van der Waals surface area contributed by atoms with E-state index in [0.29, 0.717) is 0 Å². The normalized spacial score (nSPS) is 12.4. The van der Waals surface area contributed by atoms with E-state index < -0.39 is 0 Å². The van der Waals surface area contributed by atoms with Crippen molar-refractivity contribution in [2.75, 3.05) is 0 Å². The zero-order valence-electron chi connectivity index (χ0n) is 10.4. The summed E-state index contributed by atoms with van der Waals surface area (Å²) in [5, 5.41) is 0. The first-order chi connectivity index (χ1) is 8.69. The van der Waals surface area contributed by atoms with E-state index in [1.54, 1.807) is 6.07 Å². The molecule has 0 aliphatic carbocycles. The van der Waals surface area contributed by atoms with Crippen LogP contribution in [0, 0.1) is 12.7 Å². The van der Waals surface area contributed by atoms with Crippen LogP contribution in [0.1, 0.15) is 22.7 Å². The first-order valence-corrected chi connectivity index (χ1v) is 5.96. The van der Waals surface area contributed by atoms with Crippen molar-refractivity contribution >= 4 is 0 Å². The molecule has 18 heavy (non-hydrogen) atoms. The Morgan fingerprint density at radius 2 is 1.89 bits per heavy atom. The van der Waals surface area contributed by atoms with Gasteiger partial charge in [0.1, 0.15) is 5.82 Å². The monoisotopic (exact) mass is 244 g/mol. The quantitative estimate of drug-likeness (QED) is 0.641. The first kappa shape index (κ1) is 12.7. The molecule has 2 nitrogen and oxygen atoms in total. The van der Waals surface area contributed by atoms with Crippen LogP contribution in [-0.4, -0.2) is 0 Å². The second kappa shape index (κ2) is 5.76. The van der Waals surface area contributed by atoms with Crippen LogP contribution in [0.4, 0.5) is 4.39 Å². The standard InChI is InChI=1S/C15H17FN2/c1-11-5-7-12(8-6-11)9-15(18-17)13-3-2-4-14(16)10-13/h2-8,10,15,18H,9,17H2,1H3. The van der Waals surface area contributed by atoms with Crippen molar-refractivity contribution in [3.05, 3.63) is 71.0 Å². The molecule has 94 valence electrons. The van der Waals surface area contributed by atoms with E-state index in [9.17, 15) is 4.39 Å². The Kier molecular flexibility index (Phi) is 4.07. The Balaban J connectivity index is 2.17. The smallest absolute Gasteiger partial charge is 0.123 e. The van der Waals surface area contributed by atoms with Crippen LogP contribution in [0.5, 0.6) is 0 Å². The number of hydrazine groups is 1. The van der Waals surface area contributed by atoms with Crippen molar-refractivity contribution in [2.45, 2.75) is 19.4 Å². The fourth-order valence-corrected chi connectivity index (χ4v) is 1.96. The van der Waals surface area contributed by atoms with Crippen molar-refractivity contribution in [3.8, 4) is 0 Å². The summed E-state index contributed by atoms with van der Waals surface area (Å²) in [6.45, 7) is 2.05. The second-order valence-electron chi connectivity index (χ2n) is 4.46. The number of benzene rings is 2. The molecule has 2 rings (SSSR count). The van der Waals surface area contributed by atoms with Crippen LogP contribution in [-0.2, 0) is 6.42 Å². The third-order valence-corrected chi connectivity index (χ3v) is 3.01. The molecule has 0 radical (unpaired) electrons. The highest BCUT2D eigenvalue weighted by Crippen LogP contribution is 2.18. The van der Waals surface area contributed by atoms with Gasteiger partial charge in [-0.1, -0.05) is 42.0 Å². The lowest BCUT2D eigenvalue weighted by molar-refractivity contribution is 0.544. The number of halogens is 1. The van der Waals surface area contributed by atoms with Crippen molar-refractivity contribution in [1.29, 1.82) is 0 Å². The van der Waals surface area contributed by atoms with Crippen molar-refractivity contribution in [2.24, 2.45) is 5.84 Å². The van der Waals surface area contributed by atoms with Gasteiger partial charge in [0.15, 0.2) is 0 Å². The molecule has 0 saturated carbocycles. The highest BCUT2D eigenvalue weighted by Gasteiger charge is 2.11. The van der Waals surface area contributed by atoms with Crippen LogP contribution < -0.4 is 11.3 Å². The maximum atomic E-state index is 13.2. The molecule has 3 N–H and O–H groups in total. The third kappa shape index (κ3) is 3.15. The Morgan fingerprint density at radius 3 is 2.50 bits per heavy atom. The van der Waals surface area contributed by atoms with Crippen molar-refractivity contribution < 1.29 is 4.39 Å². The van der Waals surface area contributed by atoms with E-state index in [1.165, 1.54) is 23.3 Å². The predicted octanol–water partition coefficient (Wildman–Crippen LogP) is 2.88. The van der Waals surface area contributed by atoms with E-state index in [0.717, 1.165) is 12.0 Å². The van der Waals surface area contributed by atoms with Crippen molar-refractivity contribution in [3.63, 3.8) is 0 Å². The van der Waals surface area contributed by atoms with Gasteiger partial charge in [-0.05, 0) is 36.6 Å². The Hall–Kier alpha value is -1.71. The summed E-state index contributed by atoms with van der Waals surface area (Å²) in [7, 11) is 0. The van der Waals surface area contributed by atoms with Crippen molar-refractivity contribution in [1.82, 2.24) is 5.43 Å². The Labute approximate surface area is 107 Å². The van der Waals surface area contributed by atoms with E-state index >= 15 is 0 Å². The number of hydrogen-bond donors (Lipinski definition) is 2. The van der Waals surface area contributed by atoms with E-state index in [1.807, 2.05) is 6.07 Å². The van der Waals surface area contributed by atoms with Crippen LogP contribution in [0.2, 0.25) is 0 Å². The molecule has 1 atom stereocenters. The molecular formula is C15H17FN2. The number of nitrogens with one attached hydrogen (secondary N) is 1.